The van der Waals surface area contributed by atoms with E-state index in [9.17, 15) is 14.0 Å². The number of ether oxygens (including phenoxy) is 1. The number of rotatable bonds is 2. The van der Waals surface area contributed by atoms with Crippen molar-refractivity contribution in [2.45, 2.75) is 30.7 Å². The van der Waals surface area contributed by atoms with Crippen molar-refractivity contribution in [1.82, 2.24) is 15.1 Å². The van der Waals surface area contributed by atoms with Gasteiger partial charge in [0.2, 0.25) is 11.8 Å². The van der Waals surface area contributed by atoms with E-state index in [1.807, 2.05) is 11.9 Å². The van der Waals surface area contributed by atoms with Crippen LogP contribution in [0.4, 0.5) is 4.39 Å². The minimum absolute atomic E-state index is 0.0502. The summed E-state index contributed by atoms with van der Waals surface area (Å²) < 4.78 is 18.7. The van der Waals surface area contributed by atoms with Gasteiger partial charge in [-0.15, -0.1) is 0 Å². The molecular formula is C14H22FN3O3. The second-order valence-corrected chi connectivity index (χ2v) is 6.50. The number of morpholine rings is 1. The first-order valence-electron chi connectivity index (χ1n) is 7.43. The van der Waals surface area contributed by atoms with Gasteiger partial charge in [-0.1, -0.05) is 0 Å². The molecule has 0 unspecified atom stereocenters. The van der Waals surface area contributed by atoms with Gasteiger partial charge in [0.15, 0.2) is 0 Å². The first-order valence-corrected chi connectivity index (χ1v) is 7.43. The molecule has 2 saturated heterocycles. The Morgan fingerprint density at radius 2 is 1.95 bits per heavy atom. The van der Waals surface area contributed by atoms with Crippen LogP contribution in [0.5, 0.6) is 0 Å². The zero-order chi connectivity index (χ0) is 15.2. The number of carbonyl (C=O) groups is 2. The summed E-state index contributed by atoms with van der Waals surface area (Å²) in [6.45, 7) is 2.06. The lowest BCUT2D eigenvalue weighted by Gasteiger charge is -2.55. The summed E-state index contributed by atoms with van der Waals surface area (Å²) in [5, 5.41) is 2.63. The van der Waals surface area contributed by atoms with Crippen LogP contribution in [0, 0.1) is 5.92 Å². The van der Waals surface area contributed by atoms with E-state index in [1.165, 1.54) is 0 Å². The topological polar surface area (TPSA) is 61.9 Å². The summed E-state index contributed by atoms with van der Waals surface area (Å²) in [6, 6.07) is -0.274. The third-order valence-corrected chi connectivity index (χ3v) is 4.87. The highest BCUT2D eigenvalue weighted by molar-refractivity contribution is 5.82. The van der Waals surface area contributed by atoms with Gasteiger partial charge in [0.05, 0.1) is 19.7 Å². The quantitative estimate of drug-likeness (QED) is 0.739. The molecule has 1 spiro atoms. The number of carbonyl (C=O) groups excluding carboxylic acids is 2. The van der Waals surface area contributed by atoms with Crippen LogP contribution in [0.3, 0.4) is 0 Å². The Kier molecular flexibility index (Phi) is 3.65. The predicted molar refractivity (Wildman–Crippen MR) is 73.4 cm³/mol. The maximum Gasteiger partial charge on any atom is 0.239 e. The molecule has 0 aromatic rings. The average Bonchev–Trinajstić information content (AvgIpc) is 2.39. The van der Waals surface area contributed by atoms with Gasteiger partial charge in [0.25, 0.3) is 0 Å². The average molecular weight is 299 g/mol. The van der Waals surface area contributed by atoms with Crippen molar-refractivity contribution in [3.05, 3.63) is 0 Å². The second kappa shape index (κ2) is 5.21. The van der Waals surface area contributed by atoms with Gasteiger partial charge in [-0.25, -0.2) is 4.39 Å². The maximum atomic E-state index is 12.8. The third kappa shape index (κ3) is 2.53. The summed E-state index contributed by atoms with van der Waals surface area (Å²) >= 11 is 0. The molecule has 1 saturated carbocycles. The van der Waals surface area contributed by atoms with Crippen molar-refractivity contribution < 1.29 is 18.7 Å². The molecule has 2 aliphatic heterocycles. The Labute approximate surface area is 123 Å². The molecule has 0 radical (unpaired) electrons. The molecule has 0 bridgehead atoms. The van der Waals surface area contributed by atoms with Crippen molar-refractivity contribution in [2.24, 2.45) is 5.92 Å². The van der Waals surface area contributed by atoms with E-state index in [0.717, 1.165) is 0 Å². The lowest BCUT2D eigenvalue weighted by molar-refractivity contribution is -0.204. The predicted octanol–water partition coefficient (Wildman–Crippen LogP) is -0.608. The van der Waals surface area contributed by atoms with E-state index in [0.29, 0.717) is 39.1 Å². The van der Waals surface area contributed by atoms with Crippen LogP contribution in [0.15, 0.2) is 0 Å². The number of amides is 2. The van der Waals surface area contributed by atoms with E-state index in [-0.39, 0.29) is 29.4 Å². The Bertz CT molecular complexity index is 447. The van der Waals surface area contributed by atoms with Crippen LogP contribution < -0.4 is 5.32 Å². The van der Waals surface area contributed by atoms with Gasteiger partial charge < -0.3 is 15.0 Å². The molecule has 6 nitrogen and oxygen atoms in total. The largest absolute Gasteiger partial charge is 0.368 e. The summed E-state index contributed by atoms with van der Waals surface area (Å²) in [4.78, 5) is 27.5. The summed E-state index contributed by atoms with van der Waals surface area (Å²) in [6.07, 6.45) is -0.0801. The van der Waals surface area contributed by atoms with E-state index >= 15 is 0 Å². The Hall–Kier alpha value is -1.21. The molecule has 21 heavy (non-hydrogen) atoms. The second-order valence-electron chi connectivity index (χ2n) is 6.50. The number of nitrogens with one attached hydrogen (secondary N) is 1. The Morgan fingerprint density at radius 3 is 2.48 bits per heavy atom. The molecule has 1 atom stereocenters. The summed E-state index contributed by atoms with van der Waals surface area (Å²) in [5.41, 5.74) is -0.353. The van der Waals surface area contributed by atoms with Crippen molar-refractivity contribution >= 4 is 11.8 Å². The standard InChI is InChI=1S/C14H22FN3O3/c1-16-12(19)11-5-21-14(6-17(11)2)7-18(8-14)13(20)9-3-10(15)4-9/h9-11H,3-8H2,1-2H3,(H,16,19)/t9?,10?,11-/m0/s1. The first-order chi connectivity index (χ1) is 9.94. The van der Waals surface area contributed by atoms with Crippen LogP contribution in [-0.4, -0.2) is 79.8 Å². The minimum Gasteiger partial charge on any atom is -0.368 e. The van der Waals surface area contributed by atoms with Crippen LogP contribution in [0.2, 0.25) is 0 Å². The molecule has 3 fully saturated rings. The van der Waals surface area contributed by atoms with Gasteiger partial charge in [-0.3, -0.25) is 14.5 Å². The fourth-order valence-electron chi connectivity index (χ4n) is 3.44. The molecule has 0 aromatic carbocycles. The Morgan fingerprint density at radius 1 is 1.29 bits per heavy atom. The molecule has 7 heteroatoms. The number of nitrogens with zero attached hydrogens (tertiary/aromatic N) is 2. The smallest absolute Gasteiger partial charge is 0.239 e. The molecule has 1 N–H and O–H groups in total. The van der Waals surface area contributed by atoms with Gasteiger partial charge in [0.1, 0.15) is 17.8 Å². The van der Waals surface area contributed by atoms with Gasteiger partial charge >= 0.3 is 0 Å². The SMILES string of the molecule is CNC(=O)[C@@H]1COC2(CN(C(=O)C3CC(F)C3)C2)CN1C. The lowest BCUT2D eigenvalue weighted by atomic mass is 9.80. The summed E-state index contributed by atoms with van der Waals surface area (Å²) in [5.74, 6) is -0.144. The number of likely N-dealkylation sites (tertiary alicyclic amines) is 1. The van der Waals surface area contributed by atoms with E-state index in [4.69, 9.17) is 4.74 Å². The number of halogens is 1. The van der Waals surface area contributed by atoms with Crippen molar-refractivity contribution in [3.8, 4) is 0 Å². The zero-order valence-electron chi connectivity index (χ0n) is 12.5. The third-order valence-electron chi connectivity index (χ3n) is 4.87. The van der Waals surface area contributed by atoms with Crippen LogP contribution >= 0.6 is 0 Å². The molecule has 2 amide bonds. The molecule has 118 valence electrons. The van der Waals surface area contributed by atoms with E-state index < -0.39 is 6.17 Å². The summed E-state index contributed by atoms with van der Waals surface area (Å²) in [7, 11) is 3.51. The van der Waals surface area contributed by atoms with Crippen molar-refractivity contribution in [2.75, 3.05) is 40.3 Å². The number of alkyl halides is 1. The maximum absolute atomic E-state index is 12.8. The van der Waals surface area contributed by atoms with E-state index in [1.54, 1.807) is 11.9 Å². The fourth-order valence-corrected chi connectivity index (χ4v) is 3.44. The zero-order valence-corrected chi connectivity index (χ0v) is 12.5. The van der Waals surface area contributed by atoms with Crippen LogP contribution in [-0.2, 0) is 14.3 Å². The molecule has 3 aliphatic rings. The normalized spacial score (nSPS) is 35.0. The monoisotopic (exact) mass is 299 g/mol. The number of likely N-dealkylation sites (N-methyl/N-ethyl adjacent to an activating group) is 2. The highest BCUT2D eigenvalue weighted by Crippen LogP contribution is 2.36. The van der Waals surface area contributed by atoms with Gasteiger partial charge in [0, 0.05) is 19.5 Å². The van der Waals surface area contributed by atoms with Crippen LogP contribution in [0.1, 0.15) is 12.8 Å². The molecular weight excluding hydrogens is 277 g/mol. The highest BCUT2D eigenvalue weighted by Gasteiger charge is 2.52. The van der Waals surface area contributed by atoms with Gasteiger partial charge in [-0.05, 0) is 19.9 Å². The molecule has 2 heterocycles. The van der Waals surface area contributed by atoms with Crippen LogP contribution in [0.25, 0.3) is 0 Å². The van der Waals surface area contributed by atoms with Gasteiger partial charge in [-0.2, -0.15) is 0 Å². The fraction of sp³-hybridized carbons (Fsp3) is 0.857. The lowest BCUT2D eigenvalue weighted by Crippen LogP contribution is -2.73. The minimum atomic E-state index is -0.806. The molecule has 3 rings (SSSR count). The number of hydrogen-bond acceptors (Lipinski definition) is 4. The molecule has 1 aliphatic carbocycles. The number of hydrogen-bond donors (Lipinski definition) is 1. The molecule has 0 aromatic heterocycles. The van der Waals surface area contributed by atoms with E-state index in [2.05, 4.69) is 5.32 Å². The first kappa shape index (κ1) is 14.7. The highest BCUT2D eigenvalue weighted by atomic mass is 19.1. The van der Waals surface area contributed by atoms with Crippen molar-refractivity contribution in [3.63, 3.8) is 0 Å². The van der Waals surface area contributed by atoms with Crippen molar-refractivity contribution in [1.29, 1.82) is 0 Å². The Balaban J connectivity index is 1.51.